The predicted molar refractivity (Wildman–Crippen MR) is 56.1 cm³/mol. The van der Waals surface area contributed by atoms with E-state index in [-0.39, 0.29) is 23.3 Å². The highest BCUT2D eigenvalue weighted by Gasteiger charge is 2.27. The van der Waals surface area contributed by atoms with Crippen molar-refractivity contribution in [3.05, 3.63) is 33.9 Å². The molecule has 0 bridgehead atoms. The van der Waals surface area contributed by atoms with Crippen molar-refractivity contribution in [3.63, 3.8) is 0 Å². The Kier molecular flexibility index (Phi) is 3.76. The highest BCUT2D eigenvalue weighted by molar-refractivity contribution is 5.94. The number of rotatable bonds is 5. The summed E-state index contributed by atoms with van der Waals surface area (Å²) in [5.41, 5.74) is -0.415. The van der Waals surface area contributed by atoms with Crippen LogP contribution in [-0.2, 0) is 9.59 Å². The Hall–Kier alpha value is -2.44. The van der Waals surface area contributed by atoms with Crippen molar-refractivity contribution in [1.29, 1.82) is 0 Å². The zero-order valence-electron chi connectivity index (χ0n) is 8.82. The van der Waals surface area contributed by atoms with Crippen LogP contribution in [0.5, 0.6) is 5.75 Å². The smallest absolute Gasteiger partial charge is 0.318 e. The van der Waals surface area contributed by atoms with Crippen LogP contribution in [0.15, 0.2) is 18.2 Å². The minimum Gasteiger partial charge on any atom is -0.490 e. The molecule has 1 aromatic rings. The topological polar surface area (TPSA) is 107 Å². The molecule has 7 heteroatoms. The van der Waals surface area contributed by atoms with Gasteiger partial charge in [0.25, 0.3) is 0 Å². The number of benzene rings is 1. The number of carboxylic acids is 1. The molecule has 1 N–H and O–H groups in total. The van der Waals surface area contributed by atoms with Crippen molar-refractivity contribution in [3.8, 4) is 5.75 Å². The number of carbonyl (C=O) groups excluding carboxylic acids is 1. The molecule has 1 unspecified atom stereocenters. The fourth-order valence-electron chi connectivity index (χ4n) is 1.42. The molecule has 7 nitrogen and oxygen atoms in total. The number of nitro groups is 1. The Morgan fingerprint density at radius 3 is 2.65 bits per heavy atom. The van der Waals surface area contributed by atoms with Gasteiger partial charge in [-0.05, 0) is 0 Å². The molecule has 0 fully saturated rings. The molecule has 0 aliphatic heterocycles. The summed E-state index contributed by atoms with van der Waals surface area (Å²) >= 11 is 0. The lowest BCUT2D eigenvalue weighted by molar-refractivity contribution is -0.385. The fourth-order valence-corrected chi connectivity index (χ4v) is 1.42. The number of ether oxygens (including phenoxy) is 1. The molecular weight excluding hydrogens is 230 g/mol. The maximum absolute atomic E-state index is 10.8. The van der Waals surface area contributed by atoms with E-state index in [1.807, 2.05) is 0 Å². The monoisotopic (exact) mass is 239 g/mol. The van der Waals surface area contributed by atoms with Gasteiger partial charge < -0.3 is 14.6 Å². The predicted octanol–water partition coefficient (Wildman–Crippen LogP) is 0.970. The van der Waals surface area contributed by atoms with E-state index in [4.69, 9.17) is 9.84 Å². The maximum Gasteiger partial charge on any atom is 0.318 e. The van der Waals surface area contributed by atoms with Crippen LogP contribution in [0, 0.1) is 10.1 Å². The lowest BCUT2D eigenvalue weighted by atomic mass is 9.99. The van der Waals surface area contributed by atoms with Gasteiger partial charge in [-0.25, -0.2) is 0 Å². The van der Waals surface area contributed by atoms with Crippen LogP contribution in [0.3, 0.4) is 0 Å². The average Bonchev–Trinajstić information content (AvgIpc) is 2.29. The molecule has 0 amide bonds. The zero-order chi connectivity index (χ0) is 13.0. The van der Waals surface area contributed by atoms with Gasteiger partial charge in [-0.1, -0.05) is 12.1 Å². The summed E-state index contributed by atoms with van der Waals surface area (Å²) in [5.74, 6) is -3.08. The number of hydrogen-bond acceptors (Lipinski definition) is 5. The normalized spacial score (nSPS) is 11.6. The zero-order valence-corrected chi connectivity index (χ0v) is 8.82. The second-order valence-corrected chi connectivity index (χ2v) is 3.11. The molecule has 1 atom stereocenters. The van der Waals surface area contributed by atoms with Crippen molar-refractivity contribution in [1.82, 2.24) is 0 Å². The number of carbonyl (C=O) groups is 2. The largest absolute Gasteiger partial charge is 0.490 e. The molecule has 0 heterocycles. The first-order valence-electron chi connectivity index (χ1n) is 4.52. The van der Waals surface area contributed by atoms with Gasteiger partial charge in [0.15, 0.2) is 0 Å². The third-order valence-electron chi connectivity index (χ3n) is 2.16. The highest BCUT2D eigenvalue weighted by atomic mass is 16.6. The molecule has 90 valence electrons. The first kappa shape index (κ1) is 12.6. The lowest BCUT2D eigenvalue weighted by Crippen LogP contribution is -2.14. The molecule has 17 heavy (non-hydrogen) atoms. The molecule has 0 spiro atoms. The Morgan fingerprint density at radius 1 is 1.59 bits per heavy atom. The quantitative estimate of drug-likeness (QED) is 0.355. The Labute approximate surface area is 95.8 Å². The summed E-state index contributed by atoms with van der Waals surface area (Å²) in [6.07, 6.45) is 0.198. The number of nitro benzene ring substituents is 1. The number of aldehydes is 1. The van der Waals surface area contributed by atoms with Crippen LogP contribution in [0.2, 0.25) is 0 Å². The van der Waals surface area contributed by atoms with E-state index in [1.54, 1.807) is 0 Å². The summed E-state index contributed by atoms with van der Waals surface area (Å²) in [7, 11) is 1.18. The summed E-state index contributed by atoms with van der Waals surface area (Å²) < 4.78 is 4.81. The minimum atomic E-state index is -1.48. The van der Waals surface area contributed by atoms with Gasteiger partial charge in [0, 0.05) is 11.6 Å². The molecule has 0 radical (unpaired) electrons. The Balaban J connectivity index is 3.42. The van der Waals surface area contributed by atoms with E-state index < -0.39 is 16.8 Å². The van der Waals surface area contributed by atoms with Crippen molar-refractivity contribution in [2.45, 2.75) is 5.92 Å². The van der Waals surface area contributed by atoms with Crippen LogP contribution >= 0.6 is 0 Å². The number of carboxylic acid groups (broad SMARTS) is 1. The van der Waals surface area contributed by atoms with Crippen LogP contribution in [0.25, 0.3) is 0 Å². The molecule has 0 aliphatic rings. The standard InChI is InChI=1S/C10H9NO6/c1-17-9-6(7(5-12)10(13)14)3-2-4-8(9)11(15)16/h2-5,7H,1H3,(H,13,14). The SMILES string of the molecule is COc1c(C(C=O)C(=O)O)cccc1[N+](=O)[O-]. The minimum absolute atomic E-state index is 0.0378. The molecule has 1 aromatic carbocycles. The van der Waals surface area contributed by atoms with Crippen molar-refractivity contribution >= 4 is 17.9 Å². The van der Waals surface area contributed by atoms with E-state index in [9.17, 15) is 19.7 Å². The highest BCUT2D eigenvalue weighted by Crippen LogP contribution is 2.34. The summed E-state index contributed by atoms with van der Waals surface area (Å²) in [6.45, 7) is 0. The third kappa shape index (κ3) is 2.39. The van der Waals surface area contributed by atoms with Gasteiger partial charge in [-0.2, -0.15) is 0 Å². The molecule has 1 rings (SSSR count). The third-order valence-corrected chi connectivity index (χ3v) is 2.16. The van der Waals surface area contributed by atoms with Crippen molar-refractivity contribution in [2.24, 2.45) is 0 Å². The van der Waals surface area contributed by atoms with Crippen molar-refractivity contribution < 1.29 is 24.4 Å². The van der Waals surface area contributed by atoms with Gasteiger partial charge in [-0.3, -0.25) is 14.9 Å². The number of para-hydroxylation sites is 1. The summed E-state index contributed by atoms with van der Waals surface area (Å²) in [6, 6.07) is 3.78. The van der Waals surface area contributed by atoms with Gasteiger partial charge in [0.2, 0.25) is 5.75 Å². The van der Waals surface area contributed by atoms with Crippen LogP contribution in [0.1, 0.15) is 11.5 Å². The van der Waals surface area contributed by atoms with Gasteiger partial charge >= 0.3 is 11.7 Å². The molecule has 0 aromatic heterocycles. The number of aliphatic carboxylic acids is 1. The van der Waals surface area contributed by atoms with E-state index in [0.29, 0.717) is 0 Å². The Bertz CT molecular complexity index is 470. The summed E-state index contributed by atoms with van der Waals surface area (Å²) in [4.78, 5) is 31.5. The molecule has 0 aliphatic carbocycles. The average molecular weight is 239 g/mol. The van der Waals surface area contributed by atoms with E-state index in [2.05, 4.69) is 0 Å². The number of nitrogens with zero attached hydrogens (tertiary/aromatic N) is 1. The Morgan fingerprint density at radius 2 is 2.24 bits per heavy atom. The van der Waals surface area contributed by atoms with Gasteiger partial charge in [0.05, 0.1) is 12.0 Å². The van der Waals surface area contributed by atoms with Crippen LogP contribution < -0.4 is 4.74 Å². The van der Waals surface area contributed by atoms with Gasteiger partial charge in [0.1, 0.15) is 12.2 Å². The van der Waals surface area contributed by atoms with E-state index in [0.717, 1.165) is 0 Å². The molecule has 0 saturated carbocycles. The second kappa shape index (κ2) is 5.06. The first-order valence-corrected chi connectivity index (χ1v) is 4.52. The first-order chi connectivity index (χ1) is 8.02. The fraction of sp³-hybridized carbons (Fsp3) is 0.200. The van der Waals surface area contributed by atoms with E-state index in [1.165, 1.54) is 25.3 Å². The molecular formula is C10H9NO6. The lowest BCUT2D eigenvalue weighted by Gasteiger charge is -2.10. The number of hydrogen-bond donors (Lipinski definition) is 1. The number of methoxy groups -OCH3 is 1. The van der Waals surface area contributed by atoms with Gasteiger partial charge in [-0.15, -0.1) is 0 Å². The van der Waals surface area contributed by atoms with Crippen LogP contribution in [0.4, 0.5) is 5.69 Å². The van der Waals surface area contributed by atoms with Crippen LogP contribution in [-0.4, -0.2) is 29.4 Å². The second-order valence-electron chi connectivity index (χ2n) is 3.11. The van der Waals surface area contributed by atoms with E-state index >= 15 is 0 Å². The molecule has 0 saturated heterocycles. The maximum atomic E-state index is 10.8. The summed E-state index contributed by atoms with van der Waals surface area (Å²) in [5, 5.41) is 19.5. The van der Waals surface area contributed by atoms with Crippen molar-refractivity contribution in [2.75, 3.05) is 7.11 Å².